The van der Waals surface area contributed by atoms with Crippen molar-refractivity contribution in [3.63, 3.8) is 0 Å². The molecule has 0 saturated heterocycles. The Kier molecular flexibility index (Phi) is 8.26. The minimum absolute atomic E-state index is 0.135. The Morgan fingerprint density at radius 3 is 1.47 bits per heavy atom. The third-order valence-corrected chi connectivity index (χ3v) is 12.1. The summed E-state index contributed by atoms with van der Waals surface area (Å²) in [6, 6.07) is 60.4. The van der Waals surface area contributed by atoms with E-state index in [0.29, 0.717) is 17.5 Å². The molecule has 0 saturated carbocycles. The smallest absolute Gasteiger partial charge is 0.164 e. The molecule has 1 aliphatic carbocycles. The highest BCUT2D eigenvalue weighted by Gasteiger charge is 2.37. The maximum atomic E-state index is 5.04. The van der Waals surface area contributed by atoms with Crippen molar-refractivity contribution in [1.29, 1.82) is 0 Å². The summed E-state index contributed by atoms with van der Waals surface area (Å²) in [5.74, 6) is 1.94. The van der Waals surface area contributed by atoms with Gasteiger partial charge in [-0.3, -0.25) is 0 Å². The molecule has 7 aromatic carbocycles. The number of hydrogen-bond acceptors (Lipinski definition) is 3. The number of para-hydroxylation sites is 1. The van der Waals surface area contributed by atoms with Crippen LogP contribution in [0.3, 0.4) is 0 Å². The standard InChI is InChI=1S/C53H44N4/c1-52(2)30-31-53(3,4)46-34-48-44(33-45(46)52)43-20-11-12-21-47(43)57(48)42-28-26-37(27-29-42)36-22-24-39(25-23-36)50-54-49(38-16-9-6-10-17-38)55-51(56-50)41-19-13-18-40(32-41)35-14-7-5-8-15-35/h5-29,32-34H,30-31H2,1-4H3. The van der Waals surface area contributed by atoms with Gasteiger partial charge < -0.3 is 4.57 Å². The fraction of sp³-hybridized carbons (Fsp3) is 0.151. The van der Waals surface area contributed by atoms with Crippen LogP contribution in [0.1, 0.15) is 51.7 Å². The Balaban J connectivity index is 1.01. The molecule has 0 aliphatic heterocycles. The topological polar surface area (TPSA) is 43.6 Å². The van der Waals surface area contributed by atoms with Crippen LogP contribution in [0.5, 0.6) is 0 Å². The lowest BCUT2D eigenvalue weighted by Crippen LogP contribution is -2.33. The van der Waals surface area contributed by atoms with Gasteiger partial charge in [-0.15, -0.1) is 0 Å². The Bertz CT molecular complexity index is 2920. The molecule has 0 amide bonds. The first-order chi connectivity index (χ1) is 27.7. The van der Waals surface area contributed by atoms with Crippen molar-refractivity contribution in [3.8, 4) is 62.1 Å². The van der Waals surface area contributed by atoms with Gasteiger partial charge in [-0.25, -0.2) is 15.0 Å². The van der Waals surface area contributed by atoms with Crippen LogP contribution in [0, 0.1) is 0 Å². The lowest BCUT2D eigenvalue weighted by atomic mass is 9.63. The van der Waals surface area contributed by atoms with Gasteiger partial charge >= 0.3 is 0 Å². The molecule has 9 aromatic rings. The van der Waals surface area contributed by atoms with Crippen molar-refractivity contribution < 1.29 is 0 Å². The third-order valence-electron chi connectivity index (χ3n) is 12.1. The molecular weight excluding hydrogens is 693 g/mol. The van der Waals surface area contributed by atoms with E-state index in [2.05, 4.69) is 166 Å². The van der Waals surface area contributed by atoms with Crippen molar-refractivity contribution in [2.45, 2.75) is 51.4 Å². The number of aromatic nitrogens is 4. The molecule has 0 unspecified atom stereocenters. The summed E-state index contributed by atoms with van der Waals surface area (Å²) in [7, 11) is 0. The zero-order valence-corrected chi connectivity index (χ0v) is 32.9. The van der Waals surface area contributed by atoms with Crippen molar-refractivity contribution in [2.75, 3.05) is 0 Å². The molecule has 0 spiro atoms. The first kappa shape index (κ1) is 34.8. The Hall–Kier alpha value is -6.65. The van der Waals surface area contributed by atoms with Crippen LogP contribution in [-0.2, 0) is 10.8 Å². The van der Waals surface area contributed by atoms with Gasteiger partial charge in [0, 0.05) is 33.2 Å². The highest BCUT2D eigenvalue weighted by Crippen LogP contribution is 2.48. The average Bonchev–Trinajstić information content (AvgIpc) is 3.59. The van der Waals surface area contributed by atoms with E-state index in [1.807, 2.05) is 36.4 Å². The minimum atomic E-state index is 0.135. The normalized spacial score (nSPS) is 14.5. The van der Waals surface area contributed by atoms with Crippen LogP contribution in [0.25, 0.3) is 83.9 Å². The summed E-state index contributed by atoms with van der Waals surface area (Å²) in [6.45, 7) is 9.64. The van der Waals surface area contributed by atoms with Crippen molar-refractivity contribution in [1.82, 2.24) is 19.5 Å². The minimum Gasteiger partial charge on any atom is -0.309 e. The van der Waals surface area contributed by atoms with E-state index in [-0.39, 0.29) is 10.8 Å². The first-order valence-electron chi connectivity index (χ1n) is 20.0. The second-order valence-corrected chi connectivity index (χ2v) is 16.8. The first-order valence-corrected chi connectivity index (χ1v) is 20.0. The van der Waals surface area contributed by atoms with Gasteiger partial charge in [0.25, 0.3) is 0 Å². The van der Waals surface area contributed by atoms with E-state index >= 15 is 0 Å². The van der Waals surface area contributed by atoms with E-state index < -0.39 is 0 Å². The molecule has 4 heteroatoms. The second kappa shape index (κ2) is 13.5. The van der Waals surface area contributed by atoms with Crippen molar-refractivity contribution in [3.05, 3.63) is 181 Å². The van der Waals surface area contributed by atoms with Gasteiger partial charge in [-0.2, -0.15) is 0 Å². The molecule has 0 bridgehead atoms. The molecular formula is C53H44N4. The quantitative estimate of drug-likeness (QED) is 0.171. The average molecular weight is 737 g/mol. The van der Waals surface area contributed by atoms with Crippen LogP contribution in [-0.4, -0.2) is 19.5 Å². The molecule has 57 heavy (non-hydrogen) atoms. The highest BCUT2D eigenvalue weighted by atomic mass is 15.0. The van der Waals surface area contributed by atoms with E-state index in [0.717, 1.165) is 44.6 Å². The monoisotopic (exact) mass is 736 g/mol. The number of benzene rings is 7. The fourth-order valence-corrected chi connectivity index (χ4v) is 8.74. The molecule has 0 radical (unpaired) electrons. The van der Waals surface area contributed by atoms with Crippen LogP contribution in [0.15, 0.2) is 170 Å². The van der Waals surface area contributed by atoms with Crippen LogP contribution in [0.4, 0.5) is 0 Å². The molecule has 276 valence electrons. The summed E-state index contributed by atoms with van der Waals surface area (Å²) in [5, 5.41) is 2.63. The summed E-state index contributed by atoms with van der Waals surface area (Å²) in [4.78, 5) is 15.0. The number of fused-ring (bicyclic) bond motifs is 4. The van der Waals surface area contributed by atoms with Gasteiger partial charge in [0.1, 0.15) is 0 Å². The molecule has 0 atom stereocenters. The Morgan fingerprint density at radius 2 is 0.825 bits per heavy atom. The van der Waals surface area contributed by atoms with Crippen LogP contribution in [0.2, 0.25) is 0 Å². The van der Waals surface area contributed by atoms with Gasteiger partial charge in [0.2, 0.25) is 0 Å². The maximum Gasteiger partial charge on any atom is 0.164 e. The number of rotatable bonds is 6. The van der Waals surface area contributed by atoms with Crippen LogP contribution < -0.4 is 0 Å². The molecule has 4 nitrogen and oxygen atoms in total. The number of nitrogens with zero attached hydrogens (tertiary/aromatic N) is 4. The molecule has 0 N–H and O–H groups in total. The lowest BCUT2D eigenvalue weighted by Gasteiger charge is -2.42. The number of hydrogen-bond donors (Lipinski definition) is 0. The fourth-order valence-electron chi connectivity index (χ4n) is 8.74. The lowest BCUT2D eigenvalue weighted by molar-refractivity contribution is 0.332. The third kappa shape index (κ3) is 6.22. The molecule has 10 rings (SSSR count). The summed E-state index contributed by atoms with van der Waals surface area (Å²) >= 11 is 0. The molecule has 1 aliphatic rings. The second-order valence-electron chi connectivity index (χ2n) is 16.8. The van der Waals surface area contributed by atoms with E-state index in [4.69, 9.17) is 15.0 Å². The van der Waals surface area contributed by atoms with E-state index in [9.17, 15) is 0 Å². The van der Waals surface area contributed by atoms with Gasteiger partial charge in [0.05, 0.1) is 11.0 Å². The Morgan fingerprint density at radius 1 is 0.368 bits per heavy atom. The van der Waals surface area contributed by atoms with Gasteiger partial charge in [-0.05, 0) is 93.5 Å². The van der Waals surface area contributed by atoms with E-state index in [1.165, 1.54) is 45.8 Å². The molecule has 0 fully saturated rings. The van der Waals surface area contributed by atoms with E-state index in [1.54, 1.807) is 0 Å². The van der Waals surface area contributed by atoms with Gasteiger partial charge in [-0.1, -0.05) is 161 Å². The van der Waals surface area contributed by atoms with Crippen LogP contribution >= 0.6 is 0 Å². The maximum absolute atomic E-state index is 5.04. The van der Waals surface area contributed by atoms with Gasteiger partial charge in [0.15, 0.2) is 17.5 Å². The largest absolute Gasteiger partial charge is 0.309 e. The Labute approximate surface area is 334 Å². The zero-order valence-electron chi connectivity index (χ0n) is 32.9. The molecule has 2 aromatic heterocycles. The van der Waals surface area contributed by atoms with Crippen molar-refractivity contribution in [2.24, 2.45) is 0 Å². The SMILES string of the molecule is CC1(C)CCC(C)(C)c2cc3c(cc21)c1ccccc1n3-c1ccc(-c2ccc(-c3nc(-c4ccccc4)nc(-c4cccc(-c5ccccc5)c4)n3)cc2)cc1. The summed E-state index contributed by atoms with van der Waals surface area (Å²) < 4.78 is 2.45. The predicted octanol–water partition coefficient (Wildman–Crippen LogP) is 13.7. The molecule has 2 heterocycles. The summed E-state index contributed by atoms with van der Waals surface area (Å²) in [6.07, 6.45) is 2.39. The van der Waals surface area contributed by atoms with Crippen molar-refractivity contribution >= 4 is 21.8 Å². The predicted molar refractivity (Wildman–Crippen MR) is 237 cm³/mol. The zero-order chi connectivity index (χ0) is 38.7. The highest BCUT2D eigenvalue weighted by molar-refractivity contribution is 6.10. The summed E-state index contributed by atoms with van der Waals surface area (Å²) in [5.41, 5.74) is 14.4.